The number of carbonyl (C=O) groups is 1. The molecule has 0 radical (unpaired) electrons. The molecular formula is C24H30N4OS. The van der Waals surface area contributed by atoms with E-state index in [1.54, 1.807) is 0 Å². The van der Waals surface area contributed by atoms with Gasteiger partial charge < -0.3 is 20.4 Å². The van der Waals surface area contributed by atoms with Crippen molar-refractivity contribution in [2.75, 3.05) is 34.8 Å². The topological polar surface area (TPSA) is 47.6 Å². The van der Waals surface area contributed by atoms with Crippen LogP contribution in [0.15, 0.2) is 42.5 Å². The molecule has 30 heavy (non-hydrogen) atoms. The van der Waals surface area contributed by atoms with Gasteiger partial charge in [-0.1, -0.05) is 12.1 Å². The first-order valence-electron chi connectivity index (χ1n) is 10.9. The van der Waals surface area contributed by atoms with E-state index in [1.807, 2.05) is 30.0 Å². The highest BCUT2D eigenvalue weighted by Crippen LogP contribution is 2.27. The number of benzene rings is 2. The van der Waals surface area contributed by atoms with Crippen molar-refractivity contribution in [1.82, 2.24) is 5.32 Å². The largest absolute Gasteiger partial charge is 0.372 e. The maximum atomic E-state index is 12.0. The normalized spacial score (nSPS) is 16.6. The summed E-state index contributed by atoms with van der Waals surface area (Å²) in [5.41, 5.74) is 5.52. The molecule has 0 aromatic heterocycles. The second-order valence-electron chi connectivity index (χ2n) is 8.17. The van der Waals surface area contributed by atoms with Crippen molar-refractivity contribution in [2.45, 2.75) is 45.6 Å². The van der Waals surface area contributed by atoms with Crippen LogP contribution in [-0.4, -0.2) is 30.7 Å². The highest BCUT2D eigenvalue weighted by molar-refractivity contribution is 7.80. The number of piperidine rings is 1. The van der Waals surface area contributed by atoms with E-state index in [4.69, 9.17) is 12.2 Å². The molecule has 0 aliphatic carbocycles. The van der Waals surface area contributed by atoms with E-state index in [9.17, 15) is 4.79 Å². The summed E-state index contributed by atoms with van der Waals surface area (Å²) in [6, 6.07) is 14.8. The SMILES string of the molecule is Cc1cc(NC(=S)NCc2ccc(N3CCCCC3)cc2)ccc1N1CCCC1=O. The average molecular weight is 423 g/mol. The first-order valence-corrected chi connectivity index (χ1v) is 11.3. The molecule has 2 aromatic carbocycles. The number of anilines is 3. The van der Waals surface area contributed by atoms with Crippen molar-refractivity contribution in [1.29, 1.82) is 0 Å². The smallest absolute Gasteiger partial charge is 0.227 e. The zero-order valence-corrected chi connectivity index (χ0v) is 18.4. The fraction of sp³-hybridized carbons (Fsp3) is 0.417. The molecule has 2 fully saturated rings. The molecule has 2 aliphatic rings. The van der Waals surface area contributed by atoms with Gasteiger partial charge in [0.25, 0.3) is 0 Å². The van der Waals surface area contributed by atoms with Crippen LogP contribution in [0.3, 0.4) is 0 Å². The quantitative estimate of drug-likeness (QED) is 0.690. The highest BCUT2D eigenvalue weighted by atomic mass is 32.1. The van der Waals surface area contributed by atoms with E-state index in [-0.39, 0.29) is 5.91 Å². The van der Waals surface area contributed by atoms with E-state index >= 15 is 0 Å². The minimum atomic E-state index is 0.210. The molecule has 0 bridgehead atoms. The Morgan fingerprint density at radius 3 is 2.43 bits per heavy atom. The Kier molecular flexibility index (Phi) is 6.53. The third kappa shape index (κ3) is 4.93. The minimum Gasteiger partial charge on any atom is -0.372 e. The summed E-state index contributed by atoms with van der Waals surface area (Å²) in [4.78, 5) is 16.3. The molecule has 2 heterocycles. The number of nitrogens with zero attached hydrogens (tertiary/aromatic N) is 2. The van der Waals surface area contributed by atoms with Gasteiger partial charge >= 0.3 is 0 Å². The van der Waals surface area contributed by atoms with Crippen molar-refractivity contribution < 1.29 is 4.79 Å². The van der Waals surface area contributed by atoms with Crippen LogP contribution in [-0.2, 0) is 11.3 Å². The van der Waals surface area contributed by atoms with Crippen LogP contribution >= 0.6 is 12.2 Å². The maximum Gasteiger partial charge on any atom is 0.227 e. The molecule has 2 aromatic rings. The second kappa shape index (κ2) is 9.47. The zero-order valence-electron chi connectivity index (χ0n) is 17.6. The molecule has 1 amide bonds. The summed E-state index contributed by atoms with van der Waals surface area (Å²) in [6.07, 6.45) is 5.51. The van der Waals surface area contributed by atoms with Gasteiger partial charge in [-0.15, -0.1) is 0 Å². The predicted molar refractivity (Wildman–Crippen MR) is 128 cm³/mol. The Labute approximate surface area is 184 Å². The third-order valence-corrected chi connectivity index (χ3v) is 6.18. The van der Waals surface area contributed by atoms with Gasteiger partial charge in [0.1, 0.15) is 0 Å². The first kappa shape index (κ1) is 20.7. The van der Waals surface area contributed by atoms with E-state index in [1.165, 1.54) is 30.5 Å². The number of rotatable bonds is 5. The van der Waals surface area contributed by atoms with Crippen molar-refractivity contribution in [3.8, 4) is 0 Å². The molecular weight excluding hydrogens is 392 g/mol. The number of amides is 1. The molecule has 2 aliphatic heterocycles. The van der Waals surface area contributed by atoms with Gasteiger partial charge in [-0.25, -0.2) is 0 Å². The number of aryl methyl sites for hydroxylation is 1. The maximum absolute atomic E-state index is 12.0. The number of carbonyl (C=O) groups excluding carboxylic acids is 1. The number of hydrogen-bond acceptors (Lipinski definition) is 3. The summed E-state index contributed by atoms with van der Waals surface area (Å²) in [5.74, 6) is 0.210. The summed E-state index contributed by atoms with van der Waals surface area (Å²) in [5, 5.41) is 7.14. The Hall–Kier alpha value is -2.60. The molecule has 5 nitrogen and oxygen atoms in total. The van der Waals surface area contributed by atoms with Gasteiger partial charge in [0, 0.05) is 49.7 Å². The summed E-state index contributed by atoms with van der Waals surface area (Å²) < 4.78 is 0. The lowest BCUT2D eigenvalue weighted by atomic mass is 10.1. The monoisotopic (exact) mass is 422 g/mol. The number of nitrogens with one attached hydrogen (secondary N) is 2. The first-order chi connectivity index (χ1) is 14.6. The van der Waals surface area contributed by atoms with Crippen LogP contribution < -0.4 is 20.4 Å². The van der Waals surface area contributed by atoms with Crippen molar-refractivity contribution in [3.05, 3.63) is 53.6 Å². The Morgan fingerprint density at radius 1 is 1.00 bits per heavy atom. The fourth-order valence-corrected chi connectivity index (χ4v) is 4.46. The van der Waals surface area contributed by atoms with Crippen molar-refractivity contribution in [2.24, 2.45) is 0 Å². The third-order valence-electron chi connectivity index (χ3n) is 5.93. The average Bonchev–Trinajstić information content (AvgIpc) is 3.19. The summed E-state index contributed by atoms with van der Waals surface area (Å²) in [6.45, 7) is 5.85. The standard InChI is InChI=1S/C24H30N4OS/c1-18-16-20(9-12-22(18)28-15-5-6-23(28)29)26-24(30)25-17-19-7-10-21(11-8-19)27-13-3-2-4-14-27/h7-12,16H,2-6,13-15,17H2,1H3,(H2,25,26,30). The van der Waals surface area contributed by atoms with Crippen LogP contribution in [0.25, 0.3) is 0 Å². The molecule has 2 N–H and O–H groups in total. The van der Waals surface area contributed by atoms with Crippen LogP contribution in [0.4, 0.5) is 17.1 Å². The Balaban J connectivity index is 1.29. The minimum absolute atomic E-state index is 0.210. The van der Waals surface area contributed by atoms with Crippen molar-refractivity contribution in [3.63, 3.8) is 0 Å². The Bertz CT molecular complexity index is 906. The van der Waals surface area contributed by atoms with Gasteiger partial charge in [-0.2, -0.15) is 0 Å². The van der Waals surface area contributed by atoms with Crippen LogP contribution in [0.1, 0.15) is 43.2 Å². The fourth-order valence-electron chi connectivity index (χ4n) is 4.27. The van der Waals surface area contributed by atoms with Gasteiger partial charge in [0.05, 0.1) is 0 Å². The lowest BCUT2D eigenvalue weighted by Gasteiger charge is -2.28. The summed E-state index contributed by atoms with van der Waals surface area (Å²) >= 11 is 5.47. The molecule has 2 saturated heterocycles. The van der Waals surface area contributed by atoms with Gasteiger partial charge in [0.15, 0.2) is 5.11 Å². The molecule has 158 valence electrons. The molecule has 6 heteroatoms. The number of hydrogen-bond donors (Lipinski definition) is 2. The van der Waals surface area contributed by atoms with Crippen molar-refractivity contribution >= 4 is 40.3 Å². The lowest BCUT2D eigenvalue weighted by molar-refractivity contribution is -0.117. The molecule has 4 rings (SSSR count). The van der Waals surface area contributed by atoms with Gasteiger partial charge in [-0.05, 0) is 86.3 Å². The van der Waals surface area contributed by atoms with Gasteiger partial charge in [-0.3, -0.25) is 4.79 Å². The van der Waals surface area contributed by atoms with Gasteiger partial charge in [0.2, 0.25) is 5.91 Å². The van der Waals surface area contributed by atoms with E-state index in [2.05, 4.69) is 39.8 Å². The molecule has 0 unspecified atom stereocenters. The van der Waals surface area contributed by atoms with Crippen LogP contribution in [0.2, 0.25) is 0 Å². The second-order valence-corrected chi connectivity index (χ2v) is 8.58. The lowest BCUT2D eigenvalue weighted by Crippen LogP contribution is -2.29. The van der Waals surface area contributed by atoms with Crippen LogP contribution in [0.5, 0.6) is 0 Å². The zero-order chi connectivity index (χ0) is 20.9. The van der Waals surface area contributed by atoms with Crippen LogP contribution in [0, 0.1) is 6.92 Å². The van der Waals surface area contributed by atoms with E-state index in [0.717, 1.165) is 43.0 Å². The highest BCUT2D eigenvalue weighted by Gasteiger charge is 2.22. The predicted octanol–water partition coefficient (Wildman–Crippen LogP) is 4.60. The molecule has 0 spiro atoms. The number of thiocarbonyl (C=S) groups is 1. The Morgan fingerprint density at radius 2 is 1.77 bits per heavy atom. The van der Waals surface area contributed by atoms with E-state index < -0.39 is 0 Å². The molecule has 0 atom stereocenters. The van der Waals surface area contributed by atoms with E-state index in [0.29, 0.717) is 18.1 Å². The molecule has 0 saturated carbocycles. The summed E-state index contributed by atoms with van der Waals surface area (Å²) in [7, 11) is 0.